The molecule has 2 aromatic carbocycles. The van der Waals surface area contributed by atoms with Crippen LogP contribution in [0.4, 0.5) is 28.9 Å². The molecule has 1 fully saturated rings. The maximum Gasteiger partial charge on any atom is 0.201 e. The number of fused-ring (bicyclic) bond motifs is 1. The van der Waals surface area contributed by atoms with Crippen molar-refractivity contribution in [3.63, 3.8) is 0 Å². The van der Waals surface area contributed by atoms with E-state index in [0.717, 1.165) is 43.2 Å². The minimum Gasteiger partial charge on any atom is -0.383 e. The number of nitrogens with one attached hydrogen (secondary N) is 3. The maximum absolute atomic E-state index is 15.4. The van der Waals surface area contributed by atoms with Gasteiger partial charge in [0.2, 0.25) is 5.78 Å². The molecule has 6 nitrogen and oxygen atoms in total. The van der Waals surface area contributed by atoms with E-state index in [-0.39, 0.29) is 32.7 Å². The van der Waals surface area contributed by atoms with Crippen molar-refractivity contribution in [2.24, 2.45) is 5.92 Å². The highest BCUT2D eigenvalue weighted by atomic mass is 32.2. The Labute approximate surface area is 206 Å². The molecule has 36 heavy (non-hydrogen) atoms. The predicted molar refractivity (Wildman–Crippen MR) is 128 cm³/mol. The van der Waals surface area contributed by atoms with Crippen molar-refractivity contribution in [2.45, 2.75) is 17.7 Å². The SMILES string of the molecule is N#Cc1cnc2[nH]cc(C(=O)c3c(F)ccc(NSc4cc(F)ccc4F)c3F)c2c1NCC1CC1. The minimum atomic E-state index is -1.20. The number of halogens is 4. The van der Waals surface area contributed by atoms with Crippen LogP contribution in [0.3, 0.4) is 0 Å². The lowest BCUT2D eigenvalue weighted by Crippen LogP contribution is -2.11. The molecular weight excluding hydrogens is 494 g/mol. The van der Waals surface area contributed by atoms with E-state index in [1.807, 2.05) is 6.07 Å². The topological polar surface area (TPSA) is 93.6 Å². The van der Waals surface area contributed by atoms with E-state index in [2.05, 4.69) is 20.0 Å². The minimum absolute atomic E-state index is 0.0633. The Morgan fingerprint density at radius 2 is 1.94 bits per heavy atom. The van der Waals surface area contributed by atoms with Gasteiger partial charge in [-0.25, -0.2) is 22.5 Å². The van der Waals surface area contributed by atoms with Gasteiger partial charge in [0, 0.05) is 18.9 Å². The van der Waals surface area contributed by atoms with Crippen LogP contribution in [0.15, 0.2) is 47.6 Å². The quantitative estimate of drug-likeness (QED) is 0.149. The lowest BCUT2D eigenvalue weighted by molar-refractivity contribution is 0.103. The highest BCUT2D eigenvalue weighted by molar-refractivity contribution is 8.00. The van der Waals surface area contributed by atoms with Crippen LogP contribution in [-0.2, 0) is 0 Å². The highest BCUT2D eigenvalue weighted by Gasteiger charge is 2.27. The molecule has 0 saturated heterocycles. The van der Waals surface area contributed by atoms with Crippen LogP contribution < -0.4 is 10.0 Å². The lowest BCUT2D eigenvalue weighted by Gasteiger charge is -2.12. The van der Waals surface area contributed by atoms with Crippen molar-refractivity contribution in [3.8, 4) is 6.07 Å². The summed E-state index contributed by atoms with van der Waals surface area (Å²) < 4.78 is 60.0. The van der Waals surface area contributed by atoms with Gasteiger partial charge in [0.15, 0.2) is 5.82 Å². The fourth-order valence-corrected chi connectivity index (χ4v) is 4.47. The first kappa shape index (κ1) is 23.7. The molecule has 0 radical (unpaired) electrons. The molecule has 2 heterocycles. The number of aromatic amines is 1. The molecule has 0 spiro atoms. The Morgan fingerprint density at radius 1 is 1.17 bits per heavy atom. The standard InChI is InChI=1S/C25H17F4N5OS/c26-14-3-4-16(27)19(7-14)36-34-18-6-5-17(28)21(22(18)29)24(35)15-11-33-25-20(15)23(13(8-30)10-32-25)31-9-12-1-2-12/h3-7,10-12,34H,1-2,9H2,(H2,31,32,33). The molecule has 0 bridgehead atoms. The number of anilines is 2. The van der Waals surface area contributed by atoms with E-state index in [9.17, 15) is 23.2 Å². The summed E-state index contributed by atoms with van der Waals surface area (Å²) in [5, 5.41) is 13.0. The Bertz CT molecular complexity index is 1540. The van der Waals surface area contributed by atoms with Crippen LogP contribution in [0.1, 0.15) is 34.3 Å². The van der Waals surface area contributed by atoms with Crippen LogP contribution in [0.2, 0.25) is 0 Å². The zero-order valence-corrected chi connectivity index (χ0v) is 19.3. The molecular formula is C25H17F4N5OS. The second kappa shape index (κ2) is 9.54. The largest absolute Gasteiger partial charge is 0.383 e. The molecule has 0 unspecified atom stereocenters. The summed E-state index contributed by atoms with van der Waals surface area (Å²) >= 11 is 0.576. The number of carbonyl (C=O) groups excluding carboxylic acids is 1. The normalized spacial score (nSPS) is 13.0. The van der Waals surface area contributed by atoms with Gasteiger partial charge in [-0.3, -0.25) is 4.79 Å². The Hall–Kier alpha value is -4.04. The van der Waals surface area contributed by atoms with Crippen LogP contribution in [0.25, 0.3) is 11.0 Å². The van der Waals surface area contributed by atoms with Crippen molar-refractivity contribution in [1.82, 2.24) is 9.97 Å². The first-order valence-corrected chi connectivity index (χ1v) is 11.7. The van der Waals surface area contributed by atoms with E-state index >= 15 is 4.39 Å². The average Bonchev–Trinajstić information content (AvgIpc) is 3.60. The molecule has 1 aliphatic carbocycles. The van der Waals surface area contributed by atoms with Crippen LogP contribution in [-0.4, -0.2) is 22.3 Å². The lowest BCUT2D eigenvalue weighted by atomic mass is 10.00. The number of carbonyl (C=O) groups is 1. The fraction of sp³-hybridized carbons (Fsp3) is 0.160. The number of nitriles is 1. The second-order valence-electron chi connectivity index (χ2n) is 8.30. The average molecular weight is 512 g/mol. The third kappa shape index (κ3) is 4.47. The first-order valence-electron chi connectivity index (χ1n) is 10.9. The molecule has 1 saturated carbocycles. The number of ketones is 1. The van der Waals surface area contributed by atoms with Crippen LogP contribution in [0.5, 0.6) is 0 Å². The molecule has 0 atom stereocenters. The summed E-state index contributed by atoms with van der Waals surface area (Å²) in [5.41, 5.74) is -0.352. The van der Waals surface area contributed by atoms with E-state index in [1.165, 1.54) is 12.4 Å². The molecule has 4 aromatic rings. The van der Waals surface area contributed by atoms with E-state index in [1.54, 1.807) is 0 Å². The number of hydrogen-bond acceptors (Lipinski definition) is 6. The number of hydrogen-bond donors (Lipinski definition) is 3. The van der Waals surface area contributed by atoms with Crippen molar-refractivity contribution in [2.75, 3.05) is 16.6 Å². The van der Waals surface area contributed by atoms with Gasteiger partial charge in [0.1, 0.15) is 29.2 Å². The number of aromatic nitrogens is 2. The fourth-order valence-electron chi connectivity index (χ4n) is 3.75. The monoisotopic (exact) mass is 511 g/mol. The zero-order valence-electron chi connectivity index (χ0n) is 18.5. The third-order valence-corrected chi connectivity index (χ3v) is 6.67. The third-order valence-electron chi connectivity index (χ3n) is 5.81. The number of nitrogens with zero attached hydrogens (tertiary/aromatic N) is 2. The Balaban J connectivity index is 1.52. The van der Waals surface area contributed by atoms with E-state index < -0.39 is 34.6 Å². The summed E-state index contributed by atoms with van der Waals surface area (Å²) in [6, 6.07) is 6.77. The van der Waals surface area contributed by atoms with Crippen LogP contribution in [0, 0.1) is 40.5 Å². The van der Waals surface area contributed by atoms with Gasteiger partial charge in [0.25, 0.3) is 0 Å². The van der Waals surface area contributed by atoms with Gasteiger partial charge in [-0.1, -0.05) is 0 Å². The summed E-state index contributed by atoms with van der Waals surface area (Å²) in [5.74, 6) is -4.23. The molecule has 3 N–H and O–H groups in total. The number of pyridine rings is 1. The highest BCUT2D eigenvalue weighted by Crippen LogP contribution is 2.35. The molecule has 0 aliphatic heterocycles. The van der Waals surface area contributed by atoms with Gasteiger partial charge in [0.05, 0.1) is 38.3 Å². The smallest absolute Gasteiger partial charge is 0.201 e. The van der Waals surface area contributed by atoms with Gasteiger partial charge in [-0.05, 0) is 61.0 Å². The summed E-state index contributed by atoms with van der Waals surface area (Å²) in [6.07, 6.45) is 4.75. The van der Waals surface area contributed by atoms with Gasteiger partial charge in [-0.2, -0.15) is 5.26 Å². The molecule has 182 valence electrons. The maximum atomic E-state index is 15.4. The summed E-state index contributed by atoms with van der Waals surface area (Å²) in [7, 11) is 0. The summed E-state index contributed by atoms with van der Waals surface area (Å²) in [6.45, 7) is 0.586. The summed E-state index contributed by atoms with van der Waals surface area (Å²) in [4.78, 5) is 20.2. The van der Waals surface area contributed by atoms with Gasteiger partial charge < -0.3 is 15.0 Å². The molecule has 1 aliphatic rings. The van der Waals surface area contributed by atoms with E-state index in [0.29, 0.717) is 30.1 Å². The number of benzene rings is 2. The van der Waals surface area contributed by atoms with E-state index in [4.69, 9.17) is 0 Å². The molecule has 2 aromatic heterocycles. The predicted octanol–water partition coefficient (Wildman–Crippen LogP) is 6.16. The van der Waals surface area contributed by atoms with Crippen molar-refractivity contribution in [3.05, 3.63) is 82.7 Å². The Morgan fingerprint density at radius 3 is 2.69 bits per heavy atom. The Kier molecular flexibility index (Phi) is 6.28. The van der Waals surface area contributed by atoms with Gasteiger partial charge in [-0.15, -0.1) is 0 Å². The number of rotatable bonds is 8. The zero-order chi connectivity index (χ0) is 25.4. The van der Waals surface area contributed by atoms with Crippen LogP contribution >= 0.6 is 11.9 Å². The number of H-pyrrole nitrogens is 1. The molecule has 11 heteroatoms. The second-order valence-corrected chi connectivity index (χ2v) is 9.15. The molecule has 0 amide bonds. The first-order chi connectivity index (χ1) is 17.4. The van der Waals surface area contributed by atoms with Gasteiger partial charge >= 0.3 is 0 Å². The van der Waals surface area contributed by atoms with Crippen molar-refractivity contribution in [1.29, 1.82) is 5.26 Å². The van der Waals surface area contributed by atoms with Crippen molar-refractivity contribution >= 4 is 40.1 Å². The van der Waals surface area contributed by atoms with Crippen molar-refractivity contribution < 1.29 is 22.4 Å². The molecule has 5 rings (SSSR count).